The Morgan fingerprint density at radius 2 is 1.83 bits per heavy atom. The molecule has 1 aliphatic rings. The smallest absolute Gasteiger partial charge is 0.0573 e. The maximum absolute atomic E-state index is 9.79. The van der Waals surface area contributed by atoms with Crippen LogP contribution >= 0.6 is 0 Å². The number of hydrogen-bond donors (Lipinski definition) is 1. The van der Waals surface area contributed by atoms with Crippen molar-refractivity contribution in [3.8, 4) is 0 Å². The molecule has 0 spiro atoms. The highest BCUT2D eigenvalue weighted by molar-refractivity contribution is 4.88. The predicted octanol–water partition coefficient (Wildman–Crippen LogP) is 2.83. The molecule has 0 radical (unpaired) electrons. The first-order valence-corrected chi connectivity index (χ1v) is 5.37. The number of hydrogen-bond acceptors (Lipinski definition) is 1. The summed E-state index contributed by atoms with van der Waals surface area (Å²) < 4.78 is 0. The zero-order valence-electron chi connectivity index (χ0n) is 8.59. The van der Waals surface area contributed by atoms with Crippen LogP contribution < -0.4 is 0 Å². The van der Waals surface area contributed by atoms with Crippen molar-refractivity contribution in [3.63, 3.8) is 0 Å². The van der Waals surface area contributed by atoms with Crippen molar-refractivity contribution in [2.75, 3.05) is 0 Å². The summed E-state index contributed by atoms with van der Waals surface area (Å²) >= 11 is 0. The second-order valence-corrected chi connectivity index (χ2v) is 4.36. The van der Waals surface area contributed by atoms with Crippen LogP contribution in [0.2, 0.25) is 0 Å². The zero-order valence-corrected chi connectivity index (χ0v) is 8.59. The van der Waals surface area contributed by atoms with Gasteiger partial charge in [-0.1, -0.05) is 33.6 Å². The van der Waals surface area contributed by atoms with Gasteiger partial charge in [-0.2, -0.15) is 0 Å². The van der Waals surface area contributed by atoms with Crippen LogP contribution in [0.5, 0.6) is 0 Å². The minimum absolute atomic E-state index is 0.00935. The maximum atomic E-state index is 9.79. The van der Waals surface area contributed by atoms with E-state index in [2.05, 4.69) is 20.8 Å². The van der Waals surface area contributed by atoms with Crippen molar-refractivity contribution in [2.24, 2.45) is 17.8 Å². The molecule has 0 aliphatic heterocycles. The third-order valence-electron chi connectivity index (χ3n) is 3.40. The van der Waals surface area contributed by atoms with Crippen LogP contribution in [0, 0.1) is 17.8 Å². The summed E-state index contributed by atoms with van der Waals surface area (Å²) in [7, 11) is 0. The minimum atomic E-state index is -0.00935. The van der Waals surface area contributed by atoms with E-state index in [1.165, 1.54) is 19.3 Å². The van der Waals surface area contributed by atoms with E-state index in [4.69, 9.17) is 0 Å². The van der Waals surface area contributed by atoms with Crippen LogP contribution in [0.15, 0.2) is 0 Å². The first kappa shape index (κ1) is 10.0. The molecule has 0 saturated heterocycles. The molecule has 0 amide bonds. The van der Waals surface area contributed by atoms with Crippen molar-refractivity contribution in [2.45, 2.75) is 52.6 Å². The molecule has 1 N–H and O–H groups in total. The standard InChI is InChI=1S/C11H22O/c1-4-9(5-2)7-11(12)10-6-8(10)3/h8-12H,4-7H2,1-3H3. The molecule has 12 heavy (non-hydrogen) atoms. The SMILES string of the molecule is CCC(CC)CC(O)C1CC1C. The monoisotopic (exact) mass is 170 g/mol. The van der Waals surface area contributed by atoms with Crippen LogP contribution in [0.1, 0.15) is 46.5 Å². The van der Waals surface area contributed by atoms with E-state index < -0.39 is 0 Å². The van der Waals surface area contributed by atoms with Gasteiger partial charge >= 0.3 is 0 Å². The van der Waals surface area contributed by atoms with Gasteiger partial charge in [0.1, 0.15) is 0 Å². The molecule has 0 bridgehead atoms. The first-order chi connectivity index (χ1) is 5.69. The number of aliphatic hydroxyl groups is 1. The molecule has 3 atom stereocenters. The summed E-state index contributed by atoms with van der Waals surface area (Å²) in [4.78, 5) is 0. The Labute approximate surface area is 76.2 Å². The van der Waals surface area contributed by atoms with Crippen LogP contribution in [-0.2, 0) is 0 Å². The summed E-state index contributed by atoms with van der Waals surface area (Å²) in [6.45, 7) is 6.68. The van der Waals surface area contributed by atoms with E-state index in [1.807, 2.05) is 0 Å². The molecule has 72 valence electrons. The summed E-state index contributed by atoms with van der Waals surface area (Å²) in [5.41, 5.74) is 0. The first-order valence-electron chi connectivity index (χ1n) is 5.37. The molecule has 0 aromatic carbocycles. The van der Waals surface area contributed by atoms with Crippen molar-refractivity contribution in [3.05, 3.63) is 0 Å². The number of aliphatic hydroxyl groups excluding tert-OH is 1. The lowest BCUT2D eigenvalue weighted by Crippen LogP contribution is -2.15. The summed E-state index contributed by atoms with van der Waals surface area (Å²) in [6.07, 6.45) is 4.71. The summed E-state index contributed by atoms with van der Waals surface area (Å²) in [6, 6.07) is 0. The van der Waals surface area contributed by atoms with E-state index in [0.29, 0.717) is 5.92 Å². The molecular formula is C11H22O. The molecule has 3 unspecified atom stereocenters. The molecule has 1 aliphatic carbocycles. The highest BCUT2D eigenvalue weighted by Gasteiger charge is 2.38. The molecule has 0 heterocycles. The van der Waals surface area contributed by atoms with Gasteiger partial charge in [-0.25, -0.2) is 0 Å². The van der Waals surface area contributed by atoms with Gasteiger partial charge < -0.3 is 5.11 Å². The van der Waals surface area contributed by atoms with Gasteiger partial charge in [-0.05, 0) is 30.6 Å². The highest BCUT2D eigenvalue weighted by atomic mass is 16.3. The summed E-state index contributed by atoms with van der Waals surface area (Å²) in [5, 5.41) is 9.79. The zero-order chi connectivity index (χ0) is 9.14. The molecular weight excluding hydrogens is 148 g/mol. The van der Waals surface area contributed by atoms with Crippen LogP contribution in [-0.4, -0.2) is 11.2 Å². The molecule has 1 nitrogen and oxygen atoms in total. The van der Waals surface area contributed by atoms with Crippen LogP contribution in [0.4, 0.5) is 0 Å². The minimum Gasteiger partial charge on any atom is -0.393 e. The Morgan fingerprint density at radius 1 is 1.33 bits per heavy atom. The Bertz CT molecular complexity index is 129. The fraction of sp³-hybridized carbons (Fsp3) is 1.00. The van der Waals surface area contributed by atoms with Crippen LogP contribution in [0.3, 0.4) is 0 Å². The Kier molecular flexibility index (Phi) is 3.57. The lowest BCUT2D eigenvalue weighted by molar-refractivity contribution is 0.113. The number of rotatable bonds is 5. The van der Waals surface area contributed by atoms with Crippen molar-refractivity contribution < 1.29 is 5.11 Å². The fourth-order valence-corrected chi connectivity index (χ4v) is 2.03. The molecule has 1 rings (SSSR count). The third-order valence-corrected chi connectivity index (χ3v) is 3.40. The van der Waals surface area contributed by atoms with E-state index in [1.54, 1.807) is 0 Å². The Morgan fingerprint density at radius 3 is 2.17 bits per heavy atom. The van der Waals surface area contributed by atoms with E-state index >= 15 is 0 Å². The normalized spacial score (nSPS) is 30.8. The Balaban J connectivity index is 2.20. The Hall–Kier alpha value is -0.0400. The average molecular weight is 170 g/mol. The van der Waals surface area contributed by atoms with Gasteiger partial charge in [-0.3, -0.25) is 0 Å². The van der Waals surface area contributed by atoms with Gasteiger partial charge in [0.2, 0.25) is 0 Å². The predicted molar refractivity (Wildman–Crippen MR) is 52.0 cm³/mol. The van der Waals surface area contributed by atoms with Gasteiger partial charge in [0.25, 0.3) is 0 Å². The second kappa shape index (κ2) is 4.27. The van der Waals surface area contributed by atoms with Gasteiger partial charge in [0.05, 0.1) is 6.10 Å². The van der Waals surface area contributed by atoms with Crippen LogP contribution in [0.25, 0.3) is 0 Å². The van der Waals surface area contributed by atoms with Gasteiger partial charge in [0.15, 0.2) is 0 Å². The second-order valence-electron chi connectivity index (χ2n) is 4.36. The highest BCUT2D eigenvalue weighted by Crippen LogP contribution is 2.42. The maximum Gasteiger partial charge on any atom is 0.0573 e. The van der Waals surface area contributed by atoms with Gasteiger partial charge in [-0.15, -0.1) is 0 Å². The average Bonchev–Trinajstić information content (AvgIpc) is 2.78. The molecule has 1 fully saturated rings. The molecule has 1 saturated carbocycles. The van der Waals surface area contributed by atoms with Crippen molar-refractivity contribution in [1.29, 1.82) is 0 Å². The van der Waals surface area contributed by atoms with E-state index in [-0.39, 0.29) is 6.10 Å². The quantitative estimate of drug-likeness (QED) is 0.672. The van der Waals surface area contributed by atoms with Crippen molar-refractivity contribution >= 4 is 0 Å². The van der Waals surface area contributed by atoms with Crippen molar-refractivity contribution in [1.82, 2.24) is 0 Å². The third kappa shape index (κ3) is 2.48. The lowest BCUT2D eigenvalue weighted by Gasteiger charge is -2.16. The molecule has 1 heteroatoms. The van der Waals surface area contributed by atoms with Gasteiger partial charge in [0, 0.05) is 0 Å². The molecule has 0 aromatic rings. The molecule has 0 aromatic heterocycles. The lowest BCUT2D eigenvalue weighted by atomic mass is 9.94. The summed E-state index contributed by atoms with van der Waals surface area (Å²) in [5.74, 6) is 2.16. The van der Waals surface area contributed by atoms with E-state index in [9.17, 15) is 5.11 Å². The van der Waals surface area contributed by atoms with E-state index in [0.717, 1.165) is 18.3 Å². The fourth-order valence-electron chi connectivity index (χ4n) is 2.03. The largest absolute Gasteiger partial charge is 0.393 e. The topological polar surface area (TPSA) is 20.2 Å².